The Morgan fingerprint density at radius 3 is 2.75 bits per heavy atom. The molecule has 1 rings (SSSR count). The molecule has 0 spiro atoms. The summed E-state index contributed by atoms with van der Waals surface area (Å²) in [5, 5.41) is 0. The summed E-state index contributed by atoms with van der Waals surface area (Å²) in [4.78, 5) is 0.0590. The van der Waals surface area contributed by atoms with Gasteiger partial charge in [0.05, 0.1) is 0 Å². The molecule has 1 unspecified atom stereocenters. The molecule has 8 heavy (non-hydrogen) atoms. The van der Waals surface area contributed by atoms with Gasteiger partial charge in [-0.1, -0.05) is 0 Å². The Balaban J connectivity index is 2.13. The van der Waals surface area contributed by atoms with Crippen LogP contribution in [0.1, 0.15) is 19.3 Å². The molecule has 1 heterocycles. The van der Waals surface area contributed by atoms with Gasteiger partial charge in [-0.15, -0.1) is 0 Å². The maximum Gasteiger partial charge on any atom is 0.525 e. The average molecular weight is 132 g/mol. The minimum Gasteiger partial charge on any atom is -0.421 e. The Bertz CT molecular complexity index is 63.4. The lowest BCUT2D eigenvalue weighted by molar-refractivity contribution is 0.0618. The van der Waals surface area contributed by atoms with Gasteiger partial charge in [-0.25, -0.2) is 0 Å². The highest BCUT2D eigenvalue weighted by Crippen LogP contribution is 2.10. The Morgan fingerprint density at radius 2 is 2.38 bits per heavy atom. The highest BCUT2D eigenvalue weighted by Gasteiger charge is 2.15. The number of ether oxygens (including phenoxy) is 1. The second-order valence-electron chi connectivity index (χ2n) is 2.14. The number of halogens is 1. The largest absolute Gasteiger partial charge is 0.525 e. The van der Waals surface area contributed by atoms with Crippen LogP contribution in [0.3, 0.4) is 0 Å². The first-order valence-corrected chi connectivity index (χ1v) is 4.46. The fourth-order valence-electron chi connectivity index (χ4n) is 0.929. The molecule has 1 aliphatic rings. The summed E-state index contributed by atoms with van der Waals surface area (Å²) in [6, 6.07) is 0. The molecule has 0 N–H and O–H groups in total. The van der Waals surface area contributed by atoms with Gasteiger partial charge in [-0.2, -0.15) is 0 Å². The first-order chi connectivity index (χ1) is 3.93. The second kappa shape index (κ2) is 3.45. The fraction of sp³-hybridized carbons (Fsp3) is 1.00. The number of hydrogen-bond donors (Lipinski definition) is 0. The average Bonchev–Trinajstić information content (AvgIpc) is 1.90. The zero-order chi connectivity index (χ0) is 5.82. The van der Waals surface area contributed by atoms with Crippen LogP contribution in [0.5, 0.6) is 0 Å². The van der Waals surface area contributed by atoms with Gasteiger partial charge in [-0.05, 0) is 19.3 Å². The van der Waals surface area contributed by atoms with Gasteiger partial charge in [0.15, 0.2) is 0 Å². The predicted octanol–water partition coefficient (Wildman–Crippen LogP) is 0.834. The molecule has 0 aliphatic carbocycles. The third-order valence-electron chi connectivity index (χ3n) is 1.45. The molecule has 0 bridgehead atoms. The van der Waals surface area contributed by atoms with Gasteiger partial charge in [0.25, 0.3) is 0 Å². The van der Waals surface area contributed by atoms with Crippen molar-refractivity contribution in [3.8, 4) is 0 Å². The summed E-state index contributed by atoms with van der Waals surface area (Å²) in [5.41, 5.74) is 0. The van der Waals surface area contributed by atoms with E-state index in [1.807, 2.05) is 0 Å². The fourth-order valence-corrected chi connectivity index (χ4v) is 1.63. The molecule has 1 aliphatic heterocycles. The summed E-state index contributed by atoms with van der Waals surface area (Å²) in [5.74, 6) is 0. The number of hydrogen-bond acceptors (Lipinski definition) is 1. The second-order valence-corrected chi connectivity index (χ2v) is 3.36. The molecular weight excluding hydrogens is 122 g/mol. The zero-order valence-electron chi connectivity index (χ0n) is 4.90. The molecule has 3 heteroatoms. The van der Waals surface area contributed by atoms with Crippen LogP contribution in [0, 0.1) is 0 Å². The van der Waals surface area contributed by atoms with Crippen LogP contribution in [0.4, 0.5) is 3.52 Å². The van der Waals surface area contributed by atoms with Crippen molar-refractivity contribution < 1.29 is 8.26 Å². The van der Waals surface area contributed by atoms with Crippen molar-refractivity contribution in [3.05, 3.63) is 0 Å². The summed E-state index contributed by atoms with van der Waals surface area (Å²) in [6.07, 6.45) is 3.27. The van der Waals surface area contributed by atoms with Crippen molar-refractivity contribution in [1.29, 1.82) is 0 Å². The van der Waals surface area contributed by atoms with E-state index in [1.165, 1.54) is 6.42 Å². The minimum atomic E-state index is -1.35. The van der Waals surface area contributed by atoms with Crippen LogP contribution >= 0.6 is 0 Å². The molecule has 1 nitrogen and oxygen atoms in total. The molecule has 0 aromatic rings. The van der Waals surface area contributed by atoms with Crippen molar-refractivity contribution in [2.75, 3.05) is 6.61 Å². The van der Waals surface area contributed by atoms with Gasteiger partial charge in [0.2, 0.25) is 0 Å². The molecule has 1 fully saturated rings. The van der Waals surface area contributed by atoms with Crippen molar-refractivity contribution in [2.24, 2.45) is 0 Å². The number of rotatable bonds is 1. The standard InChI is InChI=1S/C5H9O.Al.FH.H/c1-2-4-6-5-3-1;;;/h4H,1-3,5H2;;1H;/q;+1;;/p-1. The SMILES string of the molecule is [F][AlH][CH]1CCCCO1. The van der Waals surface area contributed by atoms with E-state index in [0.717, 1.165) is 19.4 Å². The van der Waals surface area contributed by atoms with E-state index in [2.05, 4.69) is 0 Å². The molecule has 0 aromatic heterocycles. The van der Waals surface area contributed by atoms with E-state index in [-0.39, 0.29) is 4.97 Å². The molecule has 0 aromatic carbocycles. The van der Waals surface area contributed by atoms with Gasteiger partial charge < -0.3 is 8.26 Å². The van der Waals surface area contributed by atoms with Crippen LogP contribution < -0.4 is 0 Å². The monoisotopic (exact) mass is 132 g/mol. The lowest BCUT2D eigenvalue weighted by Gasteiger charge is -2.18. The topological polar surface area (TPSA) is 9.23 Å². The Labute approximate surface area is 55.4 Å². The summed E-state index contributed by atoms with van der Waals surface area (Å²) in [7, 11) is 0. The van der Waals surface area contributed by atoms with Gasteiger partial charge in [-0.3, -0.25) is 0 Å². The Hall–Kier alpha value is 0.422. The van der Waals surface area contributed by atoms with Crippen LogP contribution in [0.15, 0.2) is 0 Å². The normalized spacial score (nSPS) is 29.9. The van der Waals surface area contributed by atoms with Crippen molar-refractivity contribution in [3.63, 3.8) is 0 Å². The third kappa shape index (κ3) is 1.74. The minimum absolute atomic E-state index is 0.0590. The Kier molecular flexibility index (Phi) is 2.82. The first kappa shape index (κ1) is 6.54. The summed E-state index contributed by atoms with van der Waals surface area (Å²) in [6.45, 7) is 0.793. The first-order valence-electron chi connectivity index (χ1n) is 3.11. The predicted molar refractivity (Wildman–Crippen MR) is 31.8 cm³/mol. The van der Waals surface area contributed by atoms with Gasteiger partial charge >= 0.3 is 15.7 Å². The molecule has 0 amide bonds. The highest BCUT2D eigenvalue weighted by atomic mass is 27.2. The zero-order valence-corrected chi connectivity index (χ0v) is 6.31. The molecule has 46 valence electrons. The van der Waals surface area contributed by atoms with E-state index in [4.69, 9.17) is 4.74 Å². The molecule has 0 saturated carbocycles. The van der Waals surface area contributed by atoms with E-state index in [9.17, 15) is 3.52 Å². The lowest BCUT2D eigenvalue weighted by Crippen LogP contribution is -2.22. The van der Waals surface area contributed by atoms with E-state index < -0.39 is 15.7 Å². The molecule has 0 radical (unpaired) electrons. The van der Waals surface area contributed by atoms with Crippen LogP contribution in [0.25, 0.3) is 0 Å². The van der Waals surface area contributed by atoms with Crippen LogP contribution in [0.2, 0.25) is 0 Å². The summed E-state index contributed by atoms with van der Waals surface area (Å²) < 4.78 is 17.0. The van der Waals surface area contributed by atoms with E-state index in [0.29, 0.717) is 0 Å². The lowest BCUT2D eigenvalue weighted by atomic mass is 10.2. The van der Waals surface area contributed by atoms with E-state index >= 15 is 0 Å². The Morgan fingerprint density at radius 1 is 1.50 bits per heavy atom. The van der Waals surface area contributed by atoms with Crippen molar-refractivity contribution in [2.45, 2.75) is 24.2 Å². The van der Waals surface area contributed by atoms with Crippen molar-refractivity contribution in [1.82, 2.24) is 0 Å². The summed E-state index contributed by atoms with van der Waals surface area (Å²) >= 11 is -1.35. The van der Waals surface area contributed by atoms with Gasteiger partial charge in [0, 0.05) is 11.6 Å². The van der Waals surface area contributed by atoms with E-state index in [1.54, 1.807) is 0 Å². The quantitative estimate of drug-likeness (QED) is 0.480. The smallest absolute Gasteiger partial charge is 0.421 e. The van der Waals surface area contributed by atoms with Crippen LogP contribution in [-0.4, -0.2) is 27.3 Å². The highest BCUT2D eigenvalue weighted by molar-refractivity contribution is 6.28. The maximum atomic E-state index is 11.9. The molecule has 1 atom stereocenters. The maximum absolute atomic E-state index is 11.9. The van der Waals surface area contributed by atoms with Crippen LogP contribution in [-0.2, 0) is 4.74 Å². The van der Waals surface area contributed by atoms with Crippen molar-refractivity contribution >= 4 is 15.7 Å². The molecular formula is C5H10AlFO. The van der Waals surface area contributed by atoms with Gasteiger partial charge in [0.1, 0.15) is 0 Å². The molecule has 1 saturated heterocycles. The third-order valence-corrected chi connectivity index (χ3v) is 2.43.